The lowest BCUT2D eigenvalue weighted by molar-refractivity contribution is -0.119. The van der Waals surface area contributed by atoms with Crippen LogP contribution in [0.4, 0.5) is 0 Å². The Kier molecular flexibility index (Phi) is 8.23. The number of likely N-dealkylation sites (tertiary alicyclic amines) is 1. The van der Waals surface area contributed by atoms with Gasteiger partial charge >= 0.3 is 0 Å². The minimum atomic E-state index is 0.0417. The van der Waals surface area contributed by atoms with E-state index in [1.807, 2.05) is 25.7 Å². The van der Waals surface area contributed by atoms with Crippen LogP contribution in [0.25, 0.3) is 0 Å². The lowest BCUT2D eigenvalue weighted by Crippen LogP contribution is -2.32. The molecule has 0 aliphatic carbocycles. The fraction of sp³-hybridized carbons (Fsp3) is 0.929. The molecule has 0 saturated carbocycles. The minimum absolute atomic E-state index is 0.0417. The van der Waals surface area contributed by atoms with Gasteiger partial charge < -0.3 is 9.64 Å². The Labute approximate surface area is 107 Å². The minimum Gasteiger partial charge on any atom is -0.379 e. The molecular formula is C14H29NO2. The van der Waals surface area contributed by atoms with Gasteiger partial charge in [0.15, 0.2) is 0 Å². The number of amides is 1. The van der Waals surface area contributed by atoms with E-state index in [1.54, 1.807) is 7.11 Å². The molecule has 1 fully saturated rings. The summed E-state index contributed by atoms with van der Waals surface area (Å²) < 4.78 is 4.94. The lowest BCUT2D eigenvalue weighted by Gasteiger charge is -2.28. The van der Waals surface area contributed by atoms with Crippen LogP contribution in [0.3, 0.4) is 0 Å². The molecule has 0 radical (unpaired) electrons. The summed E-state index contributed by atoms with van der Waals surface area (Å²) in [5.41, 5.74) is 0.0417. The highest BCUT2D eigenvalue weighted by atomic mass is 16.5. The highest BCUT2D eigenvalue weighted by molar-refractivity contribution is 5.47. The molecule has 1 aliphatic rings. The first kappa shape index (κ1) is 16.4. The van der Waals surface area contributed by atoms with Crippen LogP contribution in [-0.4, -0.2) is 37.1 Å². The maximum atomic E-state index is 10.4. The number of ether oxygens (including phenoxy) is 1. The zero-order valence-electron chi connectivity index (χ0n) is 12.2. The highest BCUT2D eigenvalue weighted by Crippen LogP contribution is 2.20. The SMILES string of the molecule is CCCC1CCN(C=O)CC1.COC(C)(C)C. The molecule has 0 N–H and O–H groups in total. The van der Waals surface area contributed by atoms with E-state index in [-0.39, 0.29) is 5.60 Å². The van der Waals surface area contributed by atoms with Gasteiger partial charge in [-0.1, -0.05) is 19.8 Å². The number of methoxy groups -OCH3 is 1. The summed E-state index contributed by atoms with van der Waals surface area (Å²) in [6.07, 6.45) is 6.03. The summed E-state index contributed by atoms with van der Waals surface area (Å²) in [6, 6.07) is 0. The molecule has 0 spiro atoms. The normalized spacial score (nSPS) is 17.4. The van der Waals surface area contributed by atoms with Crippen molar-refractivity contribution < 1.29 is 9.53 Å². The first-order valence-electron chi connectivity index (χ1n) is 6.67. The summed E-state index contributed by atoms with van der Waals surface area (Å²) in [7, 11) is 1.71. The fourth-order valence-corrected chi connectivity index (χ4v) is 1.76. The van der Waals surface area contributed by atoms with Crippen LogP contribution < -0.4 is 0 Å². The van der Waals surface area contributed by atoms with E-state index in [1.165, 1.54) is 25.7 Å². The van der Waals surface area contributed by atoms with E-state index in [0.29, 0.717) is 0 Å². The van der Waals surface area contributed by atoms with E-state index >= 15 is 0 Å². The zero-order valence-corrected chi connectivity index (χ0v) is 12.2. The van der Waals surface area contributed by atoms with Crippen molar-refractivity contribution in [2.75, 3.05) is 20.2 Å². The molecule has 1 amide bonds. The molecule has 102 valence electrons. The number of piperidine rings is 1. The van der Waals surface area contributed by atoms with Gasteiger partial charge in [-0.2, -0.15) is 0 Å². The van der Waals surface area contributed by atoms with Crippen molar-refractivity contribution in [3.63, 3.8) is 0 Å². The Balaban J connectivity index is 0.000000366. The Morgan fingerprint density at radius 1 is 1.29 bits per heavy atom. The van der Waals surface area contributed by atoms with Gasteiger partial charge in [-0.25, -0.2) is 0 Å². The molecule has 0 unspecified atom stereocenters. The highest BCUT2D eigenvalue weighted by Gasteiger charge is 2.16. The first-order valence-corrected chi connectivity index (χ1v) is 6.67. The smallest absolute Gasteiger partial charge is 0.209 e. The Morgan fingerprint density at radius 2 is 1.76 bits per heavy atom. The fourth-order valence-electron chi connectivity index (χ4n) is 1.76. The third-order valence-corrected chi connectivity index (χ3v) is 3.11. The summed E-state index contributed by atoms with van der Waals surface area (Å²) in [6.45, 7) is 10.3. The van der Waals surface area contributed by atoms with Crippen LogP contribution in [0.15, 0.2) is 0 Å². The number of rotatable bonds is 3. The van der Waals surface area contributed by atoms with Gasteiger partial charge in [-0.05, 0) is 39.5 Å². The average molecular weight is 243 g/mol. The van der Waals surface area contributed by atoms with Crippen molar-refractivity contribution in [3.05, 3.63) is 0 Å². The maximum absolute atomic E-state index is 10.4. The maximum Gasteiger partial charge on any atom is 0.209 e. The van der Waals surface area contributed by atoms with Crippen molar-refractivity contribution in [1.29, 1.82) is 0 Å². The number of carbonyl (C=O) groups excluding carboxylic acids is 1. The van der Waals surface area contributed by atoms with E-state index in [4.69, 9.17) is 4.74 Å². The molecule has 0 bridgehead atoms. The van der Waals surface area contributed by atoms with Gasteiger partial charge in [0.2, 0.25) is 6.41 Å². The molecule has 1 rings (SSSR count). The van der Waals surface area contributed by atoms with Crippen LogP contribution in [0.1, 0.15) is 53.4 Å². The summed E-state index contributed by atoms with van der Waals surface area (Å²) in [5.74, 6) is 0.885. The topological polar surface area (TPSA) is 29.5 Å². The van der Waals surface area contributed by atoms with Crippen molar-refractivity contribution in [1.82, 2.24) is 4.90 Å². The van der Waals surface area contributed by atoms with E-state index in [9.17, 15) is 4.79 Å². The van der Waals surface area contributed by atoms with Crippen LogP contribution in [0.2, 0.25) is 0 Å². The molecule has 17 heavy (non-hydrogen) atoms. The van der Waals surface area contributed by atoms with Crippen LogP contribution in [0.5, 0.6) is 0 Å². The molecule has 0 aromatic rings. The second kappa shape index (κ2) is 8.51. The van der Waals surface area contributed by atoms with Crippen LogP contribution in [0, 0.1) is 5.92 Å². The predicted molar refractivity (Wildman–Crippen MR) is 72.0 cm³/mol. The van der Waals surface area contributed by atoms with Gasteiger partial charge in [-0.3, -0.25) is 4.79 Å². The zero-order chi connectivity index (χ0) is 13.3. The summed E-state index contributed by atoms with van der Waals surface area (Å²) >= 11 is 0. The largest absolute Gasteiger partial charge is 0.379 e. The monoisotopic (exact) mass is 243 g/mol. The number of carbonyl (C=O) groups is 1. The molecule has 1 heterocycles. The Morgan fingerprint density at radius 3 is 2.06 bits per heavy atom. The number of hydrogen-bond acceptors (Lipinski definition) is 2. The number of hydrogen-bond donors (Lipinski definition) is 0. The quantitative estimate of drug-likeness (QED) is 0.713. The molecule has 0 aromatic heterocycles. The summed E-state index contributed by atoms with van der Waals surface area (Å²) in [4.78, 5) is 12.2. The molecule has 0 atom stereocenters. The third-order valence-electron chi connectivity index (χ3n) is 3.11. The van der Waals surface area contributed by atoms with Crippen LogP contribution >= 0.6 is 0 Å². The van der Waals surface area contributed by atoms with Crippen molar-refractivity contribution in [3.8, 4) is 0 Å². The van der Waals surface area contributed by atoms with Crippen molar-refractivity contribution in [2.24, 2.45) is 5.92 Å². The average Bonchev–Trinajstić information content (AvgIpc) is 2.30. The molecule has 1 saturated heterocycles. The van der Waals surface area contributed by atoms with Crippen molar-refractivity contribution in [2.45, 2.75) is 59.0 Å². The summed E-state index contributed by atoms with van der Waals surface area (Å²) in [5, 5.41) is 0. The van der Waals surface area contributed by atoms with Gasteiger partial charge in [0, 0.05) is 20.2 Å². The lowest BCUT2D eigenvalue weighted by atomic mass is 9.93. The second-order valence-corrected chi connectivity index (χ2v) is 5.69. The number of nitrogens with zero attached hydrogens (tertiary/aromatic N) is 1. The third kappa shape index (κ3) is 9.16. The van der Waals surface area contributed by atoms with E-state index in [2.05, 4.69) is 6.92 Å². The molecule has 3 nitrogen and oxygen atoms in total. The van der Waals surface area contributed by atoms with E-state index in [0.717, 1.165) is 25.4 Å². The van der Waals surface area contributed by atoms with Gasteiger partial charge in [0.1, 0.15) is 0 Å². The van der Waals surface area contributed by atoms with Crippen molar-refractivity contribution >= 4 is 6.41 Å². The van der Waals surface area contributed by atoms with E-state index < -0.39 is 0 Å². The molecule has 3 heteroatoms. The van der Waals surface area contributed by atoms with Gasteiger partial charge in [-0.15, -0.1) is 0 Å². The van der Waals surface area contributed by atoms with Gasteiger partial charge in [0.05, 0.1) is 5.60 Å². The molecule has 0 aromatic carbocycles. The second-order valence-electron chi connectivity index (χ2n) is 5.69. The first-order chi connectivity index (χ1) is 7.92. The van der Waals surface area contributed by atoms with Gasteiger partial charge in [0.25, 0.3) is 0 Å². The predicted octanol–water partition coefficient (Wildman–Crippen LogP) is 3.09. The molecule has 1 aliphatic heterocycles. The van der Waals surface area contributed by atoms with Crippen LogP contribution in [-0.2, 0) is 9.53 Å². The Bertz CT molecular complexity index is 191. The standard InChI is InChI=1S/C9H17NO.C5H12O/c1-2-3-9-4-6-10(8-11)7-5-9;1-5(2,3)6-4/h8-9H,2-7H2,1H3;1-4H3. The Hall–Kier alpha value is -0.570. The molecular weight excluding hydrogens is 214 g/mol.